The summed E-state index contributed by atoms with van der Waals surface area (Å²) in [5.41, 5.74) is 0.654. The Balaban J connectivity index is 1.55. The fourth-order valence-corrected chi connectivity index (χ4v) is 3.17. The number of amides is 1. The van der Waals surface area contributed by atoms with E-state index in [2.05, 4.69) is 15.1 Å². The first-order valence-electron chi connectivity index (χ1n) is 8.04. The van der Waals surface area contributed by atoms with Crippen molar-refractivity contribution in [3.05, 3.63) is 61.1 Å². The Labute approximate surface area is 139 Å². The third-order valence-electron chi connectivity index (χ3n) is 4.36. The van der Waals surface area contributed by atoms with Gasteiger partial charge >= 0.3 is 0 Å². The molecule has 1 amide bonds. The van der Waals surface area contributed by atoms with Gasteiger partial charge in [0.2, 0.25) is 0 Å². The highest BCUT2D eigenvalue weighted by Crippen LogP contribution is 2.22. The van der Waals surface area contributed by atoms with Crippen molar-refractivity contribution in [2.45, 2.75) is 25.4 Å². The van der Waals surface area contributed by atoms with E-state index in [4.69, 9.17) is 0 Å². The molecule has 24 heavy (non-hydrogen) atoms. The predicted molar refractivity (Wildman–Crippen MR) is 87.6 cm³/mol. The highest BCUT2D eigenvalue weighted by Gasteiger charge is 2.30. The van der Waals surface area contributed by atoms with Gasteiger partial charge in [0.15, 0.2) is 0 Å². The molecule has 1 atom stereocenters. The van der Waals surface area contributed by atoms with Crippen LogP contribution in [0.25, 0.3) is 5.82 Å². The summed E-state index contributed by atoms with van der Waals surface area (Å²) >= 11 is 0. The van der Waals surface area contributed by atoms with Crippen LogP contribution in [-0.2, 0) is 6.54 Å². The second-order valence-electron chi connectivity index (χ2n) is 5.90. The lowest BCUT2D eigenvalue weighted by Crippen LogP contribution is -2.38. The smallest absolute Gasteiger partial charge is 0.254 e. The van der Waals surface area contributed by atoms with Gasteiger partial charge in [-0.25, -0.2) is 9.97 Å². The number of hydrogen-bond donors (Lipinski definition) is 0. The normalized spacial score (nSPS) is 17.3. The fourth-order valence-electron chi connectivity index (χ4n) is 3.17. The summed E-state index contributed by atoms with van der Waals surface area (Å²) in [5.74, 6) is 0.745. The van der Waals surface area contributed by atoms with Gasteiger partial charge in [0.25, 0.3) is 5.91 Å². The van der Waals surface area contributed by atoms with Gasteiger partial charge in [-0.1, -0.05) is 0 Å². The third kappa shape index (κ3) is 2.80. The van der Waals surface area contributed by atoms with Gasteiger partial charge in [0, 0.05) is 43.1 Å². The summed E-state index contributed by atoms with van der Waals surface area (Å²) in [6.07, 6.45) is 12.6. The van der Waals surface area contributed by atoms with Crippen molar-refractivity contribution in [1.82, 2.24) is 29.2 Å². The van der Waals surface area contributed by atoms with Gasteiger partial charge < -0.3 is 4.90 Å². The molecule has 0 radical (unpaired) electrons. The Bertz CT molecular complexity index is 811. The average Bonchev–Trinajstić information content (AvgIpc) is 3.37. The molecule has 0 unspecified atom stereocenters. The van der Waals surface area contributed by atoms with E-state index in [1.165, 1.54) is 0 Å². The molecule has 1 saturated heterocycles. The van der Waals surface area contributed by atoms with Crippen molar-refractivity contribution >= 4 is 5.91 Å². The fraction of sp³-hybridized carbons (Fsp3) is 0.294. The number of hydrogen-bond acceptors (Lipinski definition) is 4. The van der Waals surface area contributed by atoms with E-state index in [0.29, 0.717) is 11.4 Å². The number of carbonyl (C=O) groups is 1. The Morgan fingerprint density at radius 3 is 3.00 bits per heavy atom. The average molecular weight is 322 g/mol. The molecule has 0 bridgehead atoms. The molecule has 0 aliphatic carbocycles. The van der Waals surface area contributed by atoms with Crippen molar-refractivity contribution in [1.29, 1.82) is 0 Å². The maximum absolute atomic E-state index is 13.0. The van der Waals surface area contributed by atoms with Crippen LogP contribution in [0.4, 0.5) is 0 Å². The number of carbonyl (C=O) groups excluding carboxylic acids is 1. The lowest BCUT2D eigenvalue weighted by atomic mass is 10.2. The molecule has 4 heterocycles. The van der Waals surface area contributed by atoms with Gasteiger partial charge in [-0.2, -0.15) is 5.10 Å². The molecule has 122 valence electrons. The number of rotatable bonds is 4. The highest BCUT2D eigenvalue weighted by atomic mass is 16.2. The molecule has 1 fully saturated rings. The molecular weight excluding hydrogens is 304 g/mol. The lowest BCUT2D eigenvalue weighted by molar-refractivity contribution is 0.0721. The minimum absolute atomic E-state index is 0.0495. The quantitative estimate of drug-likeness (QED) is 0.734. The zero-order valence-electron chi connectivity index (χ0n) is 13.2. The van der Waals surface area contributed by atoms with E-state index in [1.807, 2.05) is 34.1 Å². The summed E-state index contributed by atoms with van der Waals surface area (Å²) in [6.45, 7) is 1.52. The summed E-state index contributed by atoms with van der Waals surface area (Å²) in [5, 5.41) is 4.25. The largest absolute Gasteiger partial charge is 0.334 e. The molecule has 1 aliphatic heterocycles. The van der Waals surface area contributed by atoms with Crippen molar-refractivity contribution in [2.75, 3.05) is 6.54 Å². The molecule has 7 heteroatoms. The minimum atomic E-state index is 0.0495. The van der Waals surface area contributed by atoms with Gasteiger partial charge in [0.05, 0.1) is 12.6 Å². The Morgan fingerprint density at radius 2 is 2.21 bits per heavy atom. The maximum Gasteiger partial charge on any atom is 0.254 e. The zero-order chi connectivity index (χ0) is 16.4. The van der Waals surface area contributed by atoms with E-state index in [1.54, 1.807) is 35.6 Å². The molecule has 0 N–H and O–H groups in total. The molecule has 3 aromatic heterocycles. The first-order valence-corrected chi connectivity index (χ1v) is 8.04. The molecule has 0 spiro atoms. The highest BCUT2D eigenvalue weighted by molar-refractivity contribution is 5.94. The minimum Gasteiger partial charge on any atom is -0.334 e. The second kappa shape index (κ2) is 6.27. The van der Waals surface area contributed by atoms with Crippen LogP contribution in [0.1, 0.15) is 23.2 Å². The van der Waals surface area contributed by atoms with E-state index < -0.39 is 0 Å². The Morgan fingerprint density at radius 1 is 1.25 bits per heavy atom. The van der Waals surface area contributed by atoms with Gasteiger partial charge in [-0.05, 0) is 31.0 Å². The van der Waals surface area contributed by atoms with Crippen LogP contribution in [0.2, 0.25) is 0 Å². The number of nitrogens with zero attached hydrogens (tertiary/aromatic N) is 6. The summed E-state index contributed by atoms with van der Waals surface area (Å²) in [4.78, 5) is 23.2. The van der Waals surface area contributed by atoms with Crippen molar-refractivity contribution in [3.63, 3.8) is 0 Å². The van der Waals surface area contributed by atoms with Crippen LogP contribution in [0, 0.1) is 0 Å². The standard InChI is InChI=1S/C17H18N6O/c24-17(14-4-6-19-16(11-14)21-10-7-18-13-21)23-9-1-3-15(23)12-22-8-2-5-20-22/h2,4-8,10-11,13,15H,1,3,9,12H2/t15-/m1/s1. The van der Waals surface area contributed by atoms with Crippen LogP contribution in [0.5, 0.6) is 0 Å². The Hall–Kier alpha value is -2.96. The van der Waals surface area contributed by atoms with Gasteiger partial charge in [0.1, 0.15) is 12.1 Å². The van der Waals surface area contributed by atoms with Gasteiger partial charge in [-0.3, -0.25) is 14.0 Å². The Kier molecular flexibility index (Phi) is 3.82. The summed E-state index contributed by atoms with van der Waals surface area (Å²) in [7, 11) is 0. The first kappa shape index (κ1) is 14.6. The monoisotopic (exact) mass is 322 g/mol. The molecule has 7 nitrogen and oxygen atoms in total. The van der Waals surface area contributed by atoms with Crippen LogP contribution in [0.15, 0.2) is 55.5 Å². The molecule has 3 aromatic rings. The number of imidazole rings is 1. The molecule has 0 aromatic carbocycles. The topological polar surface area (TPSA) is 68.8 Å². The predicted octanol–water partition coefficient (Wildman–Crippen LogP) is 1.77. The SMILES string of the molecule is O=C(c1ccnc(-n2ccnc2)c1)N1CCC[C@@H]1Cn1cccn1. The van der Waals surface area contributed by atoms with E-state index in [9.17, 15) is 4.79 Å². The summed E-state index contributed by atoms with van der Waals surface area (Å²) < 4.78 is 3.68. The number of aromatic nitrogens is 5. The van der Waals surface area contributed by atoms with Crippen LogP contribution in [0.3, 0.4) is 0 Å². The van der Waals surface area contributed by atoms with Crippen molar-refractivity contribution in [2.24, 2.45) is 0 Å². The molecule has 4 rings (SSSR count). The molecular formula is C17H18N6O. The molecule has 1 aliphatic rings. The number of likely N-dealkylation sites (tertiary alicyclic amines) is 1. The number of pyridine rings is 1. The van der Waals surface area contributed by atoms with Crippen LogP contribution >= 0.6 is 0 Å². The van der Waals surface area contributed by atoms with Gasteiger partial charge in [-0.15, -0.1) is 0 Å². The molecule has 0 saturated carbocycles. The first-order chi connectivity index (χ1) is 11.8. The maximum atomic E-state index is 13.0. The third-order valence-corrected chi connectivity index (χ3v) is 4.36. The lowest BCUT2D eigenvalue weighted by Gasteiger charge is -2.25. The zero-order valence-corrected chi connectivity index (χ0v) is 13.2. The van der Waals surface area contributed by atoms with Crippen LogP contribution in [-0.4, -0.2) is 47.7 Å². The van der Waals surface area contributed by atoms with Crippen molar-refractivity contribution in [3.8, 4) is 5.82 Å². The summed E-state index contributed by atoms with van der Waals surface area (Å²) in [6, 6.07) is 5.67. The second-order valence-corrected chi connectivity index (χ2v) is 5.90. The van der Waals surface area contributed by atoms with E-state index in [-0.39, 0.29) is 11.9 Å². The van der Waals surface area contributed by atoms with Crippen LogP contribution < -0.4 is 0 Å². The van der Waals surface area contributed by atoms with Crippen molar-refractivity contribution < 1.29 is 4.79 Å². The van der Waals surface area contributed by atoms with E-state index in [0.717, 1.165) is 25.9 Å². The van der Waals surface area contributed by atoms with E-state index >= 15 is 0 Å².